The number of phenols is 1. The molecule has 100 valence electrons. The molecule has 0 aliphatic heterocycles. The van der Waals surface area contributed by atoms with Crippen LogP contribution < -0.4 is 0 Å². The largest absolute Gasteiger partial charge is 0.506 e. The molecule has 0 saturated carbocycles. The number of carboxylic acids is 1. The van der Waals surface area contributed by atoms with Crippen LogP contribution in [0.25, 0.3) is 0 Å². The number of carbonyl (C=O) groups is 1. The van der Waals surface area contributed by atoms with E-state index < -0.39 is 11.9 Å². The van der Waals surface area contributed by atoms with Gasteiger partial charge in [-0.3, -0.25) is 4.79 Å². The SMILES string of the molecule is O=C(O)C(Cc1cc(Cl)cc(Br)c1O)c1cccs1. The van der Waals surface area contributed by atoms with E-state index in [1.807, 2.05) is 11.4 Å². The fourth-order valence-electron chi connectivity index (χ4n) is 1.79. The number of halogens is 2. The van der Waals surface area contributed by atoms with Crippen molar-refractivity contribution in [2.75, 3.05) is 0 Å². The number of hydrogen-bond acceptors (Lipinski definition) is 3. The Hall–Kier alpha value is -1.04. The predicted octanol–water partition coefficient (Wildman–Crippen LogP) is 4.28. The molecule has 0 radical (unpaired) electrons. The number of rotatable bonds is 4. The Morgan fingerprint density at radius 2 is 2.21 bits per heavy atom. The molecule has 1 heterocycles. The number of benzene rings is 1. The Kier molecular flexibility index (Phi) is 4.50. The number of carboxylic acid groups (broad SMARTS) is 1. The van der Waals surface area contributed by atoms with Crippen molar-refractivity contribution in [1.29, 1.82) is 0 Å². The molecule has 0 aliphatic carbocycles. The summed E-state index contributed by atoms with van der Waals surface area (Å²) >= 11 is 10.5. The highest BCUT2D eigenvalue weighted by Gasteiger charge is 2.23. The van der Waals surface area contributed by atoms with Crippen molar-refractivity contribution >= 4 is 44.8 Å². The van der Waals surface area contributed by atoms with Gasteiger partial charge in [0.1, 0.15) is 5.75 Å². The average molecular weight is 362 g/mol. The zero-order chi connectivity index (χ0) is 14.0. The number of aliphatic carboxylic acids is 1. The van der Waals surface area contributed by atoms with Crippen LogP contribution >= 0.6 is 38.9 Å². The maximum absolute atomic E-state index is 11.4. The zero-order valence-electron chi connectivity index (χ0n) is 9.64. The molecular weight excluding hydrogens is 352 g/mol. The molecule has 0 spiro atoms. The first-order chi connectivity index (χ1) is 8.99. The fourth-order valence-corrected chi connectivity index (χ4v) is 3.49. The normalized spacial score (nSPS) is 12.3. The monoisotopic (exact) mass is 360 g/mol. The first-order valence-corrected chi connectivity index (χ1v) is 7.47. The molecule has 2 aromatic rings. The van der Waals surface area contributed by atoms with Crippen molar-refractivity contribution in [2.24, 2.45) is 0 Å². The molecule has 1 unspecified atom stereocenters. The molecule has 19 heavy (non-hydrogen) atoms. The van der Waals surface area contributed by atoms with Crippen LogP contribution in [0, 0.1) is 0 Å². The van der Waals surface area contributed by atoms with Crippen molar-refractivity contribution < 1.29 is 15.0 Å². The summed E-state index contributed by atoms with van der Waals surface area (Å²) in [6.07, 6.45) is 0.195. The van der Waals surface area contributed by atoms with Gasteiger partial charge in [-0.15, -0.1) is 11.3 Å². The summed E-state index contributed by atoms with van der Waals surface area (Å²) in [7, 11) is 0. The maximum Gasteiger partial charge on any atom is 0.312 e. The molecular formula is C13H10BrClO3S. The van der Waals surface area contributed by atoms with Crippen LogP contribution in [0.15, 0.2) is 34.1 Å². The van der Waals surface area contributed by atoms with Gasteiger partial charge in [-0.05, 0) is 51.5 Å². The lowest BCUT2D eigenvalue weighted by atomic mass is 9.97. The summed E-state index contributed by atoms with van der Waals surface area (Å²) in [5.41, 5.74) is 0.514. The number of phenolic OH excluding ortho intramolecular Hbond substituents is 1. The van der Waals surface area contributed by atoms with Crippen LogP contribution in [0.1, 0.15) is 16.4 Å². The Balaban J connectivity index is 2.35. The molecule has 1 aromatic heterocycles. The molecule has 0 bridgehead atoms. The topological polar surface area (TPSA) is 57.5 Å². The van der Waals surface area contributed by atoms with Crippen molar-refractivity contribution in [3.63, 3.8) is 0 Å². The highest BCUT2D eigenvalue weighted by molar-refractivity contribution is 9.10. The van der Waals surface area contributed by atoms with Crippen LogP contribution in [0.3, 0.4) is 0 Å². The van der Waals surface area contributed by atoms with E-state index in [1.165, 1.54) is 11.3 Å². The second-order valence-corrected chi connectivity index (χ2v) is 6.28. The van der Waals surface area contributed by atoms with Gasteiger partial charge in [-0.25, -0.2) is 0 Å². The second kappa shape index (κ2) is 5.94. The molecule has 0 amide bonds. The van der Waals surface area contributed by atoms with E-state index in [4.69, 9.17) is 11.6 Å². The Bertz CT molecular complexity index is 598. The van der Waals surface area contributed by atoms with Gasteiger partial charge >= 0.3 is 5.97 Å². The summed E-state index contributed by atoms with van der Waals surface area (Å²) in [5, 5.41) is 21.6. The van der Waals surface area contributed by atoms with Crippen molar-refractivity contribution in [2.45, 2.75) is 12.3 Å². The lowest BCUT2D eigenvalue weighted by molar-refractivity contribution is -0.138. The summed E-state index contributed by atoms with van der Waals surface area (Å²) in [6.45, 7) is 0. The highest BCUT2D eigenvalue weighted by Crippen LogP contribution is 2.35. The van der Waals surface area contributed by atoms with Gasteiger partial charge < -0.3 is 10.2 Å². The van der Waals surface area contributed by atoms with Crippen LogP contribution in [0.4, 0.5) is 0 Å². The minimum absolute atomic E-state index is 0.0345. The molecule has 1 aromatic carbocycles. The molecule has 2 N–H and O–H groups in total. The molecule has 0 saturated heterocycles. The highest BCUT2D eigenvalue weighted by atomic mass is 79.9. The second-order valence-electron chi connectivity index (χ2n) is 4.01. The first-order valence-electron chi connectivity index (χ1n) is 5.42. The molecule has 0 aliphatic rings. The third-order valence-corrected chi connectivity index (χ3v) is 4.52. The van der Waals surface area contributed by atoms with Gasteiger partial charge in [0.15, 0.2) is 0 Å². The minimum Gasteiger partial charge on any atom is -0.506 e. The van der Waals surface area contributed by atoms with Crippen LogP contribution in [0.2, 0.25) is 5.02 Å². The van der Waals surface area contributed by atoms with Gasteiger partial charge in [-0.1, -0.05) is 17.7 Å². The lowest BCUT2D eigenvalue weighted by Gasteiger charge is -2.13. The van der Waals surface area contributed by atoms with Crippen molar-refractivity contribution in [3.8, 4) is 5.75 Å². The van der Waals surface area contributed by atoms with Crippen molar-refractivity contribution in [3.05, 3.63) is 49.6 Å². The third-order valence-electron chi connectivity index (χ3n) is 2.72. The Morgan fingerprint density at radius 3 is 2.79 bits per heavy atom. The third kappa shape index (κ3) is 3.29. The van der Waals surface area contributed by atoms with E-state index in [2.05, 4.69) is 15.9 Å². The molecule has 2 rings (SSSR count). The van der Waals surface area contributed by atoms with E-state index in [1.54, 1.807) is 18.2 Å². The van der Waals surface area contributed by atoms with E-state index >= 15 is 0 Å². The Morgan fingerprint density at radius 1 is 1.47 bits per heavy atom. The number of thiophene rings is 1. The summed E-state index contributed by atoms with van der Waals surface area (Å²) in [6, 6.07) is 6.75. The van der Waals surface area contributed by atoms with E-state index in [0.29, 0.717) is 15.1 Å². The fraction of sp³-hybridized carbons (Fsp3) is 0.154. The molecule has 1 atom stereocenters. The first kappa shape index (κ1) is 14.4. The zero-order valence-corrected chi connectivity index (χ0v) is 12.8. The minimum atomic E-state index is -0.919. The number of hydrogen-bond donors (Lipinski definition) is 2. The average Bonchev–Trinajstić information content (AvgIpc) is 2.84. The number of aromatic hydroxyl groups is 1. The van der Waals surface area contributed by atoms with Gasteiger partial charge in [0.05, 0.1) is 10.4 Å². The van der Waals surface area contributed by atoms with Gasteiger partial charge in [-0.2, -0.15) is 0 Å². The summed E-state index contributed by atoms with van der Waals surface area (Å²) in [4.78, 5) is 12.1. The van der Waals surface area contributed by atoms with Gasteiger partial charge in [0.2, 0.25) is 0 Å². The lowest BCUT2D eigenvalue weighted by Crippen LogP contribution is -2.13. The quantitative estimate of drug-likeness (QED) is 0.854. The molecule has 3 nitrogen and oxygen atoms in total. The van der Waals surface area contributed by atoms with E-state index in [0.717, 1.165) is 4.88 Å². The summed E-state index contributed by atoms with van der Waals surface area (Å²) < 4.78 is 0.463. The van der Waals surface area contributed by atoms with Crippen LogP contribution in [-0.4, -0.2) is 16.2 Å². The summed E-state index contributed by atoms with van der Waals surface area (Å²) in [5.74, 6) is -1.57. The predicted molar refractivity (Wildman–Crippen MR) is 79.2 cm³/mol. The van der Waals surface area contributed by atoms with Crippen LogP contribution in [-0.2, 0) is 11.2 Å². The van der Waals surface area contributed by atoms with E-state index in [-0.39, 0.29) is 12.2 Å². The standard InChI is InChI=1S/C13H10BrClO3S/c14-10-6-8(15)4-7(12(10)16)5-9(13(17)18)11-2-1-3-19-11/h1-4,6,9,16H,5H2,(H,17,18). The molecule has 0 fully saturated rings. The smallest absolute Gasteiger partial charge is 0.312 e. The van der Waals surface area contributed by atoms with Gasteiger partial charge in [0.25, 0.3) is 0 Å². The Labute approximate surface area is 127 Å². The van der Waals surface area contributed by atoms with Gasteiger partial charge in [0, 0.05) is 9.90 Å². The van der Waals surface area contributed by atoms with E-state index in [9.17, 15) is 15.0 Å². The maximum atomic E-state index is 11.4. The van der Waals surface area contributed by atoms with Crippen molar-refractivity contribution in [1.82, 2.24) is 0 Å². The molecule has 6 heteroatoms. The van der Waals surface area contributed by atoms with Crippen LogP contribution in [0.5, 0.6) is 5.75 Å².